The quantitative estimate of drug-likeness (QED) is 0.815. The fourth-order valence-electron chi connectivity index (χ4n) is 3.37. The minimum absolute atomic E-state index is 0.526. The second kappa shape index (κ2) is 6.57. The lowest BCUT2D eigenvalue weighted by molar-refractivity contribution is 0.133. The Morgan fingerprint density at radius 3 is 2.57 bits per heavy atom. The fraction of sp³-hybridized carbons (Fsp3) is 0.444. The van der Waals surface area contributed by atoms with Gasteiger partial charge < -0.3 is 4.74 Å². The highest BCUT2D eigenvalue weighted by Gasteiger charge is 2.26. The molecule has 2 aromatic rings. The van der Waals surface area contributed by atoms with Crippen molar-refractivity contribution >= 4 is 15.9 Å². The van der Waals surface area contributed by atoms with Crippen molar-refractivity contribution in [1.82, 2.24) is 14.9 Å². The van der Waals surface area contributed by atoms with Crippen molar-refractivity contribution in [3.8, 4) is 11.6 Å². The number of ether oxygens (including phenoxy) is 1. The average Bonchev–Trinajstić information content (AvgIpc) is 2.71. The molecule has 0 atom stereocenters. The number of nitrogens with zero attached hydrogens (tertiary/aromatic N) is 3. The van der Waals surface area contributed by atoms with Crippen LogP contribution in [0.4, 0.5) is 0 Å². The molecule has 1 saturated carbocycles. The summed E-state index contributed by atoms with van der Waals surface area (Å²) in [5.41, 5.74) is 2.87. The predicted octanol–water partition coefficient (Wildman–Crippen LogP) is 3.98. The summed E-state index contributed by atoms with van der Waals surface area (Å²) >= 11 is 3.28. The zero-order valence-electron chi connectivity index (χ0n) is 13.0. The van der Waals surface area contributed by atoms with Gasteiger partial charge in [0.15, 0.2) is 0 Å². The van der Waals surface area contributed by atoms with Crippen molar-refractivity contribution in [3.05, 3.63) is 46.3 Å². The van der Waals surface area contributed by atoms with Gasteiger partial charge in [0.25, 0.3) is 0 Å². The molecule has 0 saturated heterocycles. The van der Waals surface area contributed by atoms with E-state index in [4.69, 9.17) is 4.74 Å². The van der Waals surface area contributed by atoms with Gasteiger partial charge in [-0.1, -0.05) is 12.5 Å². The van der Waals surface area contributed by atoms with Gasteiger partial charge >= 0.3 is 0 Å². The molecule has 0 bridgehead atoms. The molecule has 4 nitrogen and oxygen atoms in total. The first-order valence-electron chi connectivity index (χ1n) is 8.29. The maximum atomic E-state index is 5.84. The van der Waals surface area contributed by atoms with E-state index in [1.165, 1.54) is 43.5 Å². The maximum Gasteiger partial charge on any atom is 0.237 e. The molecule has 0 unspecified atom stereocenters. The topological polar surface area (TPSA) is 38.2 Å². The van der Waals surface area contributed by atoms with Crippen LogP contribution in [0, 0.1) is 0 Å². The summed E-state index contributed by atoms with van der Waals surface area (Å²) in [6.07, 6.45) is 9.70. The van der Waals surface area contributed by atoms with Crippen molar-refractivity contribution in [2.75, 3.05) is 13.1 Å². The average molecular weight is 374 g/mol. The first-order chi connectivity index (χ1) is 11.3. The molecule has 4 rings (SSSR count). The van der Waals surface area contributed by atoms with E-state index < -0.39 is 0 Å². The molecule has 0 spiro atoms. The van der Waals surface area contributed by atoms with Gasteiger partial charge in [-0.05, 0) is 64.9 Å². The lowest BCUT2D eigenvalue weighted by Crippen LogP contribution is -2.41. The molecule has 0 amide bonds. The van der Waals surface area contributed by atoms with E-state index in [-0.39, 0.29) is 0 Å². The number of rotatable bonds is 3. The van der Waals surface area contributed by atoms with Crippen LogP contribution in [-0.2, 0) is 12.8 Å². The molecule has 1 aliphatic heterocycles. The summed E-state index contributed by atoms with van der Waals surface area (Å²) in [6, 6.07) is 7.25. The number of benzene rings is 1. The van der Waals surface area contributed by atoms with E-state index in [9.17, 15) is 0 Å². The van der Waals surface area contributed by atoms with Crippen LogP contribution >= 0.6 is 15.9 Å². The van der Waals surface area contributed by atoms with Crippen LogP contribution in [0.25, 0.3) is 0 Å². The Bertz CT molecular complexity index is 685. The van der Waals surface area contributed by atoms with Crippen molar-refractivity contribution < 1.29 is 4.74 Å². The Morgan fingerprint density at radius 1 is 1.04 bits per heavy atom. The first-order valence-corrected chi connectivity index (χ1v) is 9.08. The van der Waals surface area contributed by atoms with E-state index >= 15 is 0 Å². The molecule has 1 aromatic carbocycles. The van der Waals surface area contributed by atoms with Gasteiger partial charge in [0, 0.05) is 19.1 Å². The number of hydrogen-bond donors (Lipinski definition) is 0. The molecule has 2 aliphatic rings. The zero-order valence-corrected chi connectivity index (χ0v) is 14.6. The fourth-order valence-corrected chi connectivity index (χ4v) is 3.58. The summed E-state index contributed by atoms with van der Waals surface area (Å²) in [7, 11) is 0. The standard InChI is InChI=1S/C18H20BrN3O/c19-17-11-21-18(12-20-17)23-16-5-4-13-6-8-22(15-2-1-3-15)9-7-14(13)10-16/h4-5,10-12,15H,1-3,6-9H2. The summed E-state index contributed by atoms with van der Waals surface area (Å²) in [6.45, 7) is 2.36. The summed E-state index contributed by atoms with van der Waals surface area (Å²) in [4.78, 5) is 11.0. The third-order valence-corrected chi connectivity index (χ3v) is 5.33. The van der Waals surface area contributed by atoms with Gasteiger partial charge in [-0.2, -0.15) is 0 Å². The van der Waals surface area contributed by atoms with E-state index in [1.54, 1.807) is 12.4 Å². The molecule has 1 aliphatic carbocycles. The third-order valence-electron chi connectivity index (χ3n) is 4.92. The molecule has 1 fully saturated rings. The van der Waals surface area contributed by atoms with Crippen LogP contribution in [0.1, 0.15) is 30.4 Å². The predicted molar refractivity (Wildman–Crippen MR) is 92.9 cm³/mol. The van der Waals surface area contributed by atoms with Crippen molar-refractivity contribution in [2.24, 2.45) is 0 Å². The molecule has 120 valence electrons. The third kappa shape index (κ3) is 3.40. The Hall–Kier alpha value is -1.46. The van der Waals surface area contributed by atoms with Crippen LogP contribution in [0.15, 0.2) is 35.2 Å². The van der Waals surface area contributed by atoms with Crippen LogP contribution in [-0.4, -0.2) is 34.0 Å². The number of halogens is 1. The molecule has 1 aromatic heterocycles. The van der Waals surface area contributed by atoms with E-state index in [1.807, 2.05) is 6.07 Å². The Kier molecular flexibility index (Phi) is 4.31. The first kappa shape index (κ1) is 15.1. The molecular weight excluding hydrogens is 354 g/mol. The molecule has 23 heavy (non-hydrogen) atoms. The van der Waals surface area contributed by atoms with Crippen LogP contribution in [0.5, 0.6) is 11.6 Å². The second-order valence-electron chi connectivity index (χ2n) is 6.33. The van der Waals surface area contributed by atoms with Gasteiger partial charge in [0.2, 0.25) is 5.88 Å². The van der Waals surface area contributed by atoms with E-state index in [0.717, 1.165) is 24.6 Å². The highest BCUT2D eigenvalue weighted by molar-refractivity contribution is 9.10. The Labute approximate surface area is 145 Å². The van der Waals surface area contributed by atoms with Crippen molar-refractivity contribution in [3.63, 3.8) is 0 Å². The lowest BCUT2D eigenvalue weighted by atomic mass is 9.91. The van der Waals surface area contributed by atoms with Crippen LogP contribution in [0.2, 0.25) is 0 Å². The van der Waals surface area contributed by atoms with E-state index in [2.05, 4.69) is 42.9 Å². The van der Waals surface area contributed by atoms with Gasteiger partial charge in [-0.3, -0.25) is 4.90 Å². The highest BCUT2D eigenvalue weighted by atomic mass is 79.9. The van der Waals surface area contributed by atoms with E-state index in [0.29, 0.717) is 10.5 Å². The van der Waals surface area contributed by atoms with Crippen LogP contribution in [0.3, 0.4) is 0 Å². The number of aromatic nitrogens is 2. The second-order valence-corrected chi connectivity index (χ2v) is 7.14. The zero-order chi connectivity index (χ0) is 15.6. The van der Waals surface area contributed by atoms with Gasteiger partial charge in [0.05, 0.1) is 12.4 Å². The molecule has 2 heterocycles. The summed E-state index contributed by atoms with van der Waals surface area (Å²) in [5.74, 6) is 1.37. The Morgan fingerprint density at radius 2 is 1.87 bits per heavy atom. The number of hydrogen-bond acceptors (Lipinski definition) is 4. The van der Waals surface area contributed by atoms with Gasteiger partial charge in [-0.25, -0.2) is 9.97 Å². The highest BCUT2D eigenvalue weighted by Crippen LogP contribution is 2.29. The number of fused-ring (bicyclic) bond motifs is 1. The monoisotopic (exact) mass is 373 g/mol. The summed E-state index contributed by atoms with van der Waals surface area (Å²) < 4.78 is 6.55. The maximum absolute atomic E-state index is 5.84. The SMILES string of the molecule is Brc1cnc(Oc2ccc3c(c2)CCN(C2CCC2)CC3)cn1. The normalized spacial score (nSPS) is 18.8. The van der Waals surface area contributed by atoms with Crippen molar-refractivity contribution in [2.45, 2.75) is 38.1 Å². The minimum atomic E-state index is 0.526. The van der Waals surface area contributed by atoms with Crippen LogP contribution < -0.4 is 4.74 Å². The molecular formula is C18H20BrN3O. The summed E-state index contributed by atoms with van der Waals surface area (Å²) in [5, 5.41) is 0. The molecule has 5 heteroatoms. The van der Waals surface area contributed by atoms with Gasteiger partial charge in [-0.15, -0.1) is 0 Å². The Balaban J connectivity index is 1.48. The lowest BCUT2D eigenvalue weighted by Gasteiger charge is -2.36. The minimum Gasteiger partial charge on any atom is -0.437 e. The molecule has 0 N–H and O–H groups in total. The van der Waals surface area contributed by atoms with Crippen molar-refractivity contribution in [1.29, 1.82) is 0 Å². The van der Waals surface area contributed by atoms with Gasteiger partial charge in [0.1, 0.15) is 10.4 Å². The molecule has 0 radical (unpaired) electrons. The largest absolute Gasteiger partial charge is 0.437 e. The smallest absolute Gasteiger partial charge is 0.237 e.